The Labute approximate surface area is 150 Å². The van der Waals surface area contributed by atoms with Crippen LogP contribution >= 0.6 is 0 Å². The van der Waals surface area contributed by atoms with Gasteiger partial charge in [-0.2, -0.15) is 13.2 Å². The van der Waals surface area contributed by atoms with E-state index in [4.69, 9.17) is 0 Å². The molecule has 0 amide bonds. The van der Waals surface area contributed by atoms with E-state index in [1.165, 1.54) is 12.1 Å². The maximum Gasteiger partial charge on any atom is 0.416 e. The van der Waals surface area contributed by atoms with Crippen molar-refractivity contribution in [2.45, 2.75) is 25.7 Å². The molecule has 0 saturated carbocycles. The highest BCUT2D eigenvalue weighted by Gasteiger charge is 2.29. The second-order valence-electron chi connectivity index (χ2n) is 6.10. The van der Waals surface area contributed by atoms with Gasteiger partial charge in [-0.05, 0) is 41.8 Å². The molecule has 1 aromatic heterocycles. The summed E-state index contributed by atoms with van der Waals surface area (Å²) in [6.45, 7) is 2.59. The van der Waals surface area contributed by atoms with Crippen LogP contribution < -0.4 is 5.32 Å². The molecule has 2 aromatic carbocycles. The normalized spacial score (nSPS) is 11.7. The summed E-state index contributed by atoms with van der Waals surface area (Å²) in [6.07, 6.45) is 2.23. The molecule has 3 aromatic rings. The molecule has 6 heteroatoms. The Balaban J connectivity index is 1.48. The van der Waals surface area contributed by atoms with Gasteiger partial charge in [0.25, 0.3) is 0 Å². The van der Waals surface area contributed by atoms with Crippen molar-refractivity contribution in [3.63, 3.8) is 0 Å². The van der Waals surface area contributed by atoms with Crippen LogP contribution in [0.25, 0.3) is 11.1 Å². The van der Waals surface area contributed by atoms with Crippen molar-refractivity contribution in [2.75, 3.05) is 6.54 Å². The Hall–Kier alpha value is -2.60. The molecule has 0 aliphatic rings. The first-order valence-corrected chi connectivity index (χ1v) is 8.45. The largest absolute Gasteiger partial charge is 0.416 e. The van der Waals surface area contributed by atoms with Gasteiger partial charge in [-0.3, -0.25) is 0 Å². The number of imidazole rings is 1. The molecule has 1 heterocycles. The van der Waals surface area contributed by atoms with Gasteiger partial charge in [0.15, 0.2) is 0 Å². The molecule has 136 valence electrons. The summed E-state index contributed by atoms with van der Waals surface area (Å²) in [5.74, 6) is 0. The number of halogens is 3. The second-order valence-corrected chi connectivity index (χ2v) is 6.10. The third-order valence-electron chi connectivity index (χ3n) is 4.16. The number of nitrogens with one attached hydrogen (secondary N) is 1. The molecule has 0 spiro atoms. The SMILES string of the molecule is FC(F)(F)c1ccc(-c2ccc(CNCCCn3ccnc3)cc2)cc1. The summed E-state index contributed by atoms with van der Waals surface area (Å²) in [5, 5.41) is 3.39. The van der Waals surface area contributed by atoms with Gasteiger partial charge in [0, 0.05) is 25.5 Å². The smallest absolute Gasteiger partial charge is 0.337 e. The van der Waals surface area contributed by atoms with Crippen molar-refractivity contribution in [3.05, 3.63) is 78.4 Å². The van der Waals surface area contributed by atoms with E-state index in [-0.39, 0.29) is 0 Å². The average molecular weight is 359 g/mol. The zero-order chi connectivity index (χ0) is 18.4. The lowest BCUT2D eigenvalue weighted by Crippen LogP contribution is -2.16. The number of benzene rings is 2. The number of nitrogens with zero attached hydrogens (tertiary/aromatic N) is 2. The molecule has 1 N–H and O–H groups in total. The predicted octanol–water partition coefficient (Wildman–Crippen LogP) is 4.75. The topological polar surface area (TPSA) is 29.9 Å². The van der Waals surface area contributed by atoms with E-state index in [2.05, 4.69) is 10.3 Å². The Morgan fingerprint density at radius 1 is 0.923 bits per heavy atom. The van der Waals surface area contributed by atoms with Gasteiger partial charge in [-0.1, -0.05) is 36.4 Å². The summed E-state index contributed by atoms with van der Waals surface area (Å²) >= 11 is 0. The third kappa shape index (κ3) is 4.95. The fraction of sp³-hybridized carbons (Fsp3) is 0.250. The van der Waals surface area contributed by atoms with E-state index in [9.17, 15) is 13.2 Å². The number of alkyl halides is 3. The molecule has 0 unspecified atom stereocenters. The van der Waals surface area contributed by atoms with Crippen molar-refractivity contribution in [1.82, 2.24) is 14.9 Å². The highest BCUT2D eigenvalue weighted by molar-refractivity contribution is 5.64. The molecule has 0 aliphatic carbocycles. The molecule has 0 radical (unpaired) electrons. The number of aromatic nitrogens is 2. The standard InChI is InChI=1S/C20H20F3N3/c21-20(22,23)19-8-6-18(7-9-19)17-4-2-16(3-5-17)14-24-10-1-12-26-13-11-25-15-26/h2-9,11,13,15,24H,1,10,12,14H2. The van der Waals surface area contributed by atoms with E-state index >= 15 is 0 Å². The summed E-state index contributed by atoms with van der Waals surface area (Å²) in [7, 11) is 0. The number of aryl methyl sites for hydroxylation is 1. The molecule has 26 heavy (non-hydrogen) atoms. The zero-order valence-corrected chi connectivity index (χ0v) is 14.2. The van der Waals surface area contributed by atoms with E-state index in [1.54, 1.807) is 12.5 Å². The molecular weight excluding hydrogens is 339 g/mol. The molecule has 0 aliphatic heterocycles. The van der Waals surface area contributed by atoms with Gasteiger partial charge >= 0.3 is 6.18 Å². The lowest BCUT2D eigenvalue weighted by molar-refractivity contribution is -0.137. The lowest BCUT2D eigenvalue weighted by atomic mass is 10.0. The van der Waals surface area contributed by atoms with Crippen LogP contribution in [0.1, 0.15) is 17.5 Å². The number of hydrogen-bond donors (Lipinski definition) is 1. The maximum absolute atomic E-state index is 12.6. The van der Waals surface area contributed by atoms with E-state index in [0.29, 0.717) is 0 Å². The Morgan fingerprint density at radius 2 is 1.58 bits per heavy atom. The first-order valence-electron chi connectivity index (χ1n) is 8.45. The van der Waals surface area contributed by atoms with Gasteiger partial charge in [0.2, 0.25) is 0 Å². The highest BCUT2D eigenvalue weighted by Crippen LogP contribution is 2.31. The summed E-state index contributed by atoms with van der Waals surface area (Å²) in [4.78, 5) is 4.01. The summed E-state index contributed by atoms with van der Waals surface area (Å²) in [6, 6.07) is 13.1. The van der Waals surface area contributed by atoms with E-state index in [1.807, 2.05) is 35.0 Å². The van der Waals surface area contributed by atoms with E-state index in [0.717, 1.165) is 54.9 Å². The van der Waals surface area contributed by atoms with Gasteiger partial charge in [-0.15, -0.1) is 0 Å². The Morgan fingerprint density at radius 3 is 2.15 bits per heavy atom. The number of hydrogen-bond acceptors (Lipinski definition) is 2. The van der Waals surface area contributed by atoms with Gasteiger partial charge in [-0.25, -0.2) is 4.98 Å². The van der Waals surface area contributed by atoms with Gasteiger partial charge < -0.3 is 9.88 Å². The Bertz CT molecular complexity index is 792. The fourth-order valence-corrected chi connectivity index (χ4v) is 2.71. The van der Waals surface area contributed by atoms with Crippen molar-refractivity contribution in [1.29, 1.82) is 0 Å². The lowest BCUT2D eigenvalue weighted by Gasteiger charge is -2.09. The minimum atomic E-state index is -4.30. The molecule has 0 atom stereocenters. The fourth-order valence-electron chi connectivity index (χ4n) is 2.71. The van der Waals surface area contributed by atoms with Crippen LogP contribution in [0.4, 0.5) is 13.2 Å². The van der Waals surface area contributed by atoms with Crippen molar-refractivity contribution >= 4 is 0 Å². The van der Waals surface area contributed by atoms with Crippen LogP contribution in [-0.2, 0) is 19.3 Å². The monoisotopic (exact) mass is 359 g/mol. The number of rotatable bonds is 7. The highest BCUT2D eigenvalue weighted by atomic mass is 19.4. The van der Waals surface area contributed by atoms with Crippen molar-refractivity contribution in [3.8, 4) is 11.1 Å². The van der Waals surface area contributed by atoms with E-state index < -0.39 is 11.7 Å². The summed E-state index contributed by atoms with van der Waals surface area (Å²) < 4.78 is 39.9. The van der Waals surface area contributed by atoms with Crippen LogP contribution in [0.15, 0.2) is 67.3 Å². The Kier molecular flexibility index (Phi) is 5.73. The van der Waals surface area contributed by atoms with Gasteiger partial charge in [0.1, 0.15) is 0 Å². The van der Waals surface area contributed by atoms with Crippen LogP contribution in [0, 0.1) is 0 Å². The maximum atomic E-state index is 12.6. The first-order chi connectivity index (χ1) is 12.5. The molecular formula is C20H20F3N3. The minimum Gasteiger partial charge on any atom is -0.337 e. The molecule has 0 bridgehead atoms. The van der Waals surface area contributed by atoms with Crippen molar-refractivity contribution in [2.24, 2.45) is 0 Å². The van der Waals surface area contributed by atoms with Crippen LogP contribution in [0.2, 0.25) is 0 Å². The molecule has 0 fully saturated rings. The summed E-state index contributed by atoms with van der Waals surface area (Å²) in [5.41, 5.74) is 2.20. The third-order valence-corrected chi connectivity index (χ3v) is 4.16. The van der Waals surface area contributed by atoms with Crippen LogP contribution in [0.3, 0.4) is 0 Å². The van der Waals surface area contributed by atoms with Crippen LogP contribution in [0.5, 0.6) is 0 Å². The second kappa shape index (κ2) is 8.19. The minimum absolute atomic E-state index is 0.627. The van der Waals surface area contributed by atoms with Crippen LogP contribution in [-0.4, -0.2) is 16.1 Å². The molecule has 3 nitrogen and oxygen atoms in total. The molecule has 0 saturated heterocycles. The van der Waals surface area contributed by atoms with Crippen molar-refractivity contribution < 1.29 is 13.2 Å². The predicted molar refractivity (Wildman–Crippen MR) is 95.4 cm³/mol. The molecule has 3 rings (SSSR count). The zero-order valence-electron chi connectivity index (χ0n) is 14.2. The first kappa shape index (κ1) is 18.2. The quantitative estimate of drug-likeness (QED) is 0.617. The average Bonchev–Trinajstić information content (AvgIpc) is 3.15. The van der Waals surface area contributed by atoms with Gasteiger partial charge in [0.05, 0.1) is 11.9 Å².